The molecule has 0 spiro atoms. The number of carbonyl (C=O) groups excluding carboxylic acids is 1. The van der Waals surface area contributed by atoms with Crippen LogP contribution in [-0.4, -0.2) is 30.1 Å². The molecule has 0 radical (unpaired) electrons. The Balaban J connectivity index is 1.70. The number of ether oxygens (including phenoxy) is 1. The first kappa shape index (κ1) is 18.4. The van der Waals surface area contributed by atoms with E-state index in [0.29, 0.717) is 11.5 Å². The van der Waals surface area contributed by atoms with Gasteiger partial charge in [-0.1, -0.05) is 72.8 Å². The molecule has 29 heavy (non-hydrogen) atoms. The molecular weight excluding hydrogens is 362 g/mol. The Bertz CT molecular complexity index is 1090. The van der Waals surface area contributed by atoms with Gasteiger partial charge in [0.2, 0.25) is 0 Å². The second-order valence-electron chi connectivity index (χ2n) is 6.38. The van der Waals surface area contributed by atoms with Crippen molar-refractivity contribution in [2.24, 2.45) is 10.1 Å². The second kappa shape index (κ2) is 8.35. The van der Waals surface area contributed by atoms with Crippen LogP contribution in [0.4, 0.5) is 0 Å². The monoisotopic (exact) mass is 381 g/mol. The summed E-state index contributed by atoms with van der Waals surface area (Å²) in [4.78, 5) is 17.6. The molecule has 0 aliphatic carbocycles. The number of amides is 1. The molecule has 0 fully saturated rings. The lowest BCUT2D eigenvalue weighted by Crippen LogP contribution is -2.27. The molecule has 1 amide bonds. The zero-order valence-corrected chi connectivity index (χ0v) is 15.9. The highest BCUT2D eigenvalue weighted by atomic mass is 16.5. The SMILES string of the molecule is COc1ccc(/C=C2/N=C(c3ccccc3)N(/N=C/c3ccccc3)C2=O)cc1. The van der Waals surface area contributed by atoms with Crippen molar-refractivity contribution in [2.45, 2.75) is 0 Å². The van der Waals surface area contributed by atoms with Gasteiger partial charge in [0.25, 0.3) is 5.91 Å². The maximum absolute atomic E-state index is 13.0. The topological polar surface area (TPSA) is 54.3 Å². The van der Waals surface area contributed by atoms with E-state index in [1.54, 1.807) is 19.4 Å². The van der Waals surface area contributed by atoms with E-state index >= 15 is 0 Å². The summed E-state index contributed by atoms with van der Waals surface area (Å²) in [6, 6.07) is 26.7. The molecule has 0 saturated heterocycles. The van der Waals surface area contributed by atoms with Crippen LogP contribution in [0.1, 0.15) is 16.7 Å². The predicted octanol–water partition coefficient (Wildman–Crippen LogP) is 4.36. The number of carbonyl (C=O) groups is 1. The zero-order chi connectivity index (χ0) is 20.1. The molecule has 1 aliphatic heterocycles. The number of methoxy groups -OCH3 is 1. The zero-order valence-electron chi connectivity index (χ0n) is 15.9. The van der Waals surface area contributed by atoms with E-state index in [1.807, 2.05) is 84.9 Å². The van der Waals surface area contributed by atoms with Gasteiger partial charge in [-0.3, -0.25) is 4.79 Å². The largest absolute Gasteiger partial charge is 0.497 e. The summed E-state index contributed by atoms with van der Waals surface area (Å²) in [6.45, 7) is 0. The molecule has 3 aromatic carbocycles. The summed E-state index contributed by atoms with van der Waals surface area (Å²) in [5.74, 6) is 0.988. The maximum Gasteiger partial charge on any atom is 0.298 e. The molecule has 5 heteroatoms. The Kier molecular flexibility index (Phi) is 5.29. The third kappa shape index (κ3) is 4.14. The van der Waals surface area contributed by atoms with Crippen molar-refractivity contribution >= 4 is 24.0 Å². The van der Waals surface area contributed by atoms with Gasteiger partial charge in [-0.15, -0.1) is 0 Å². The van der Waals surface area contributed by atoms with Gasteiger partial charge >= 0.3 is 0 Å². The summed E-state index contributed by atoms with van der Waals surface area (Å²) in [6.07, 6.45) is 3.41. The second-order valence-corrected chi connectivity index (χ2v) is 6.38. The number of nitrogens with zero attached hydrogens (tertiary/aromatic N) is 3. The van der Waals surface area contributed by atoms with E-state index < -0.39 is 0 Å². The van der Waals surface area contributed by atoms with Crippen LogP contribution in [0.3, 0.4) is 0 Å². The molecule has 0 N–H and O–H groups in total. The highest BCUT2D eigenvalue weighted by Crippen LogP contribution is 2.23. The van der Waals surface area contributed by atoms with Crippen LogP contribution in [0.25, 0.3) is 6.08 Å². The molecule has 0 saturated carbocycles. The van der Waals surface area contributed by atoms with Gasteiger partial charge in [0.1, 0.15) is 11.4 Å². The van der Waals surface area contributed by atoms with Crippen molar-refractivity contribution in [1.82, 2.24) is 5.01 Å². The smallest absolute Gasteiger partial charge is 0.298 e. The molecule has 142 valence electrons. The first-order valence-corrected chi connectivity index (χ1v) is 9.18. The number of hydrogen-bond donors (Lipinski definition) is 0. The minimum absolute atomic E-state index is 0.271. The van der Waals surface area contributed by atoms with Crippen LogP contribution in [0.5, 0.6) is 5.75 Å². The minimum Gasteiger partial charge on any atom is -0.497 e. The first-order chi connectivity index (χ1) is 14.2. The first-order valence-electron chi connectivity index (χ1n) is 9.18. The van der Waals surface area contributed by atoms with E-state index in [0.717, 1.165) is 22.4 Å². The standard InChI is InChI=1S/C24H19N3O2/c1-29-21-14-12-18(13-15-21)16-22-24(28)27(25-17-19-8-4-2-5-9-19)23(26-22)20-10-6-3-7-11-20/h2-17H,1H3/b22-16+,25-17+. The maximum atomic E-state index is 13.0. The fourth-order valence-corrected chi connectivity index (χ4v) is 2.91. The number of hydrogen-bond acceptors (Lipinski definition) is 4. The normalized spacial score (nSPS) is 15.2. The van der Waals surface area contributed by atoms with Crippen molar-refractivity contribution in [3.8, 4) is 5.75 Å². The van der Waals surface area contributed by atoms with E-state index in [-0.39, 0.29) is 5.91 Å². The summed E-state index contributed by atoms with van der Waals surface area (Å²) in [5, 5.41) is 5.76. The fraction of sp³-hybridized carbons (Fsp3) is 0.0417. The molecule has 0 bridgehead atoms. The molecule has 3 aromatic rings. The Morgan fingerprint density at radius 2 is 1.52 bits per heavy atom. The van der Waals surface area contributed by atoms with Crippen molar-refractivity contribution in [3.63, 3.8) is 0 Å². The van der Waals surface area contributed by atoms with Gasteiger partial charge in [0, 0.05) is 5.56 Å². The predicted molar refractivity (Wildman–Crippen MR) is 115 cm³/mol. The summed E-state index contributed by atoms with van der Waals surface area (Å²) < 4.78 is 5.18. The average Bonchev–Trinajstić information content (AvgIpc) is 3.09. The highest BCUT2D eigenvalue weighted by molar-refractivity contribution is 6.19. The van der Waals surface area contributed by atoms with Crippen molar-refractivity contribution in [3.05, 3.63) is 107 Å². The number of benzene rings is 3. The molecule has 1 aliphatic rings. The highest BCUT2D eigenvalue weighted by Gasteiger charge is 2.31. The quantitative estimate of drug-likeness (QED) is 0.487. The Hall–Kier alpha value is -3.99. The minimum atomic E-state index is -0.271. The van der Waals surface area contributed by atoms with E-state index in [4.69, 9.17) is 4.74 Å². The van der Waals surface area contributed by atoms with Crippen molar-refractivity contribution in [2.75, 3.05) is 7.11 Å². The lowest BCUT2D eigenvalue weighted by atomic mass is 10.2. The van der Waals surface area contributed by atoms with Crippen LogP contribution in [-0.2, 0) is 4.79 Å². The lowest BCUT2D eigenvalue weighted by molar-refractivity contribution is -0.122. The third-order valence-electron chi connectivity index (χ3n) is 4.41. The van der Waals surface area contributed by atoms with Crippen LogP contribution in [0, 0.1) is 0 Å². The number of amidine groups is 1. The van der Waals surface area contributed by atoms with Crippen molar-refractivity contribution < 1.29 is 9.53 Å². The summed E-state index contributed by atoms with van der Waals surface area (Å²) in [5.41, 5.74) is 2.92. The Labute approximate surface area is 169 Å². The van der Waals surface area contributed by atoms with E-state index in [2.05, 4.69) is 10.1 Å². The lowest BCUT2D eigenvalue weighted by Gasteiger charge is -2.11. The van der Waals surface area contributed by atoms with Gasteiger partial charge in [-0.2, -0.15) is 10.1 Å². The van der Waals surface area contributed by atoms with Crippen LogP contribution in [0.15, 0.2) is 101 Å². The summed E-state index contributed by atoms with van der Waals surface area (Å²) >= 11 is 0. The van der Waals surface area contributed by atoms with Crippen LogP contribution in [0.2, 0.25) is 0 Å². The molecule has 5 nitrogen and oxygen atoms in total. The third-order valence-corrected chi connectivity index (χ3v) is 4.41. The van der Waals surface area contributed by atoms with Gasteiger partial charge < -0.3 is 4.74 Å². The van der Waals surface area contributed by atoms with Gasteiger partial charge in [-0.05, 0) is 29.3 Å². The number of rotatable bonds is 5. The van der Waals surface area contributed by atoms with E-state index in [1.165, 1.54) is 5.01 Å². The van der Waals surface area contributed by atoms with Gasteiger partial charge in [-0.25, -0.2) is 4.99 Å². The number of hydrazone groups is 1. The van der Waals surface area contributed by atoms with Gasteiger partial charge in [0.15, 0.2) is 5.84 Å². The molecule has 1 heterocycles. The number of aliphatic imine (C=N–C) groups is 1. The molecule has 0 unspecified atom stereocenters. The molecular formula is C24H19N3O2. The van der Waals surface area contributed by atoms with E-state index in [9.17, 15) is 4.79 Å². The van der Waals surface area contributed by atoms with Crippen LogP contribution < -0.4 is 4.74 Å². The van der Waals surface area contributed by atoms with Gasteiger partial charge in [0.05, 0.1) is 13.3 Å². The molecule has 0 atom stereocenters. The Morgan fingerprint density at radius 3 is 2.17 bits per heavy atom. The fourth-order valence-electron chi connectivity index (χ4n) is 2.91. The van der Waals surface area contributed by atoms with Crippen molar-refractivity contribution in [1.29, 1.82) is 0 Å². The molecule has 0 aromatic heterocycles. The van der Waals surface area contributed by atoms with Crippen LogP contribution >= 0.6 is 0 Å². The Morgan fingerprint density at radius 1 is 0.862 bits per heavy atom. The summed E-state index contributed by atoms with van der Waals surface area (Å²) in [7, 11) is 1.62. The molecule has 4 rings (SSSR count). The average molecular weight is 381 g/mol.